The fourth-order valence-electron chi connectivity index (χ4n) is 3.30. The molecule has 0 fully saturated rings. The lowest BCUT2D eigenvalue weighted by molar-refractivity contribution is 0.478. The monoisotopic (exact) mass is 286 g/mol. The lowest BCUT2D eigenvalue weighted by Crippen LogP contribution is -1.94. The SMILES string of the molecule is CCc1ccc(Oc2ccccc2)c2c1-c1ccccc1C2. The van der Waals surface area contributed by atoms with E-state index < -0.39 is 0 Å². The number of hydrogen-bond acceptors (Lipinski definition) is 1. The van der Waals surface area contributed by atoms with Crippen LogP contribution in [0, 0.1) is 0 Å². The van der Waals surface area contributed by atoms with Gasteiger partial charge >= 0.3 is 0 Å². The summed E-state index contributed by atoms with van der Waals surface area (Å²) in [5, 5.41) is 0. The average molecular weight is 286 g/mol. The molecule has 0 aliphatic heterocycles. The molecule has 0 heterocycles. The molecule has 0 saturated carbocycles. The second-order valence-electron chi connectivity index (χ2n) is 5.68. The highest BCUT2D eigenvalue weighted by Gasteiger charge is 2.24. The Labute approximate surface area is 131 Å². The van der Waals surface area contributed by atoms with Gasteiger partial charge in [-0.3, -0.25) is 0 Å². The number of aryl methyl sites for hydroxylation is 1. The van der Waals surface area contributed by atoms with E-state index in [1.54, 1.807) is 0 Å². The molecule has 0 radical (unpaired) electrons. The smallest absolute Gasteiger partial charge is 0.131 e. The Morgan fingerprint density at radius 2 is 1.64 bits per heavy atom. The summed E-state index contributed by atoms with van der Waals surface area (Å²) in [5.41, 5.74) is 6.88. The van der Waals surface area contributed by atoms with Crippen LogP contribution in [-0.2, 0) is 12.8 Å². The molecule has 3 aromatic carbocycles. The lowest BCUT2D eigenvalue weighted by Gasteiger charge is -2.13. The minimum atomic E-state index is 0.893. The molecule has 108 valence electrons. The van der Waals surface area contributed by atoms with E-state index in [9.17, 15) is 0 Å². The summed E-state index contributed by atoms with van der Waals surface area (Å²) in [6.07, 6.45) is 2.00. The molecule has 4 rings (SSSR count). The molecule has 0 unspecified atom stereocenters. The molecule has 1 aliphatic rings. The number of benzene rings is 3. The van der Waals surface area contributed by atoms with Crippen LogP contribution in [0.4, 0.5) is 0 Å². The van der Waals surface area contributed by atoms with Crippen molar-refractivity contribution in [3.63, 3.8) is 0 Å². The van der Waals surface area contributed by atoms with Crippen molar-refractivity contribution in [1.82, 2.24) is 0 Å². The van der Waals surface area contributed by atoms with Gasteiger partial charge in [0.15, 0.2) is 0 Å². The summed E-state index contributed by atoms with van der Waals surface area (Å²) in [5.74, 6) is 1.87. The van der Waals surface area contributed by atoms with Gasteiger partial charge in [0, 0.05) is 12.0 Å². The highest BCUT2D eigenvalue weighted by molar-refractivity contribution is 5.81. The van der Waals surface area contributed by atoms with Crippen LogP contribution >= 0.6 is 0 Å². The Hall–Kier alpha value is -2.54. The van der Waals surface area contributed by atoms with Crippen LogP contribution in [0.1, 0.15) is 23.6 Å². The van der Waals surface area contributed by atoms with Crippen LogP contribution in [0.2, 0.25) is 0 Å². The van der Waals surface area contributed by atoms with E-state index >= 15 is 0 Å². The first-order chi connectivity index (χ1) is 10.9. The Bertz CT molecular complexity index is 819. The fourth-order valence-corrected chi connectivity index (χ4v) is 3.30. The molecule has 0 bridgehead atoms. The van der Waals surface area contributed by atoms with Crippen molar-refractivity contribution in [1.29, 1.82) is 0 Å². The van der Waals surface area contributed by atoms with E-state index in [0.717, 1.165) is 24.3 Å². The average Bonchev–Trinajstić information content (AvgIpc) is 2.96. The summed E-state index contributed by atoms with van der Waals surface area (Å²) in [7, 11) is 0. The first kappa shape index (κ1) is 13.1. The molecular weight excluding hydrogens is 268 g/mol. The third-order valence-corrected chi connectivity index (χ3v) is 4.36. The highest BCUT2D eigenvalue weighted by Crippen LogP contribution is 2.44. The van der Waals surface area contributed by atoms with E-state index in [-0.39, 0.29) is 0 Å². The van der Waals surface area contributed by atoms with Crippen LogP contribution in [-0.4, -0.2) is 0 Å². The minimum absolute atomic E-state index is 0.893. The van der Waals surface area contributed by atoms with Gasteiger partial charge in [0.05, 0.1) is 0 Å². The molecule has 0 saturated heterocycles. The molecule has 1 aliphatic carbocycles. The standard InChI is InChI=1S/C21H18O/c1-2-15-12-13-20(22-17-9-4-3-5-10-17)19-14-16-8-6-7-11-18(16)21(15)19/h3-13H,2,14H2,1H3. The third-order valence-electron chi connectivity index (χ3n) is 4.36. The van der Waals surface area contributed by atoms with E-state index in [2.05, 4.69) is 43.3 Å². The van der Waals surface area contributed by atoms with E-state index in [1.165, 1.54) is 27.8 Å². The molecule has 0 spiro atoms. The van der Waals surface area contributed by atoms with Crippen molar-refractivity contribution in [2.75, 3.05) is 0 Å². The zero-order valence-corrected chi connectivity index (χ0v) is 12.7. The molecular formula is C21H18O. The summed E-state index contributed by atoms with van der Waals surface area (Å²) in [6, 6.07) is 23.0. The van der Waals surface area contributed by atoms with E-state index in [0.29, 0.717) is 0 Å². The summed E-state index contributed by atoms with van der Waals surface area (Å²) >= 11 is 0. The van der Waals surface area contributed by atoms with Crippen molar-refractivity contribution in [3.05, 3.63) is 83.4 Å². The zero-order valence-electron chi connectivity index (χ0n) is 12.7. The topological polar surface area (TPSA) is 9.23 Å². The Balaban J connectivity index is 1.84. The maximum Gasteiger partial charge on any atom is 0.131 e. The predicted molar refractivity (Wildman–Crippen MR) is 90.6 cm³/mol. The number of para-hydroxylation sites is 1. The predicted octanol–water partition coefficient (Wildman–Crippen LogP) is 5.61. The van der Waals surface area contributed by atoms with Gasteiger partial charge in [0.1, 0.15) is 11.5 Å². The Kier molecular flexibility index (Phi) is 3.19. The van der Waals surface area contributed by atoms with Crippen LogP contribution in [0.25, 0.3) is 11.1 Å². The molecule has 0 N–H and O–H groups in total. The normalized spacial score (nSPS) is 11.9. The number of hydrogen-bond donors (Lipinski definition) is 0. The van der Waals surface area contributed by atoms with Gasteiger partial charge < -0.3 is 4.74 Å². The number of ether oxygens (including phenoxy) is 1. The molecule has 0 amide bonds. The number of fused-ring (bicyclic) bond motifs is 3. The van der Waals surface area contributed by atoms with Gasteiger partial charge in [0.25, 0.3) is 0 Å². The van der Waals surface area contributed by atoms with Crippen molar-refractivity contribution >= 4 is 0 Å². The molecule has 3 aromatic rings. The van der Waals surface area contributed by atoms with Gasteiger partial charge in [-0.2, -0.15) is 0 Å². The first-order valence-electron chi connectivity index (χ1n) is 7.82. The minimum Gasteiger partial charge on any atom is -0.457 e. The highest BCUT2D eigenvalue weighted by atomic mass is 16.5. The first-order valence-corrected chi connectivity index (χ1v) is 7.82. The third kappa shape index (κ3) is 2.10. The zero-order chi connectivity index (χ0) is 14.9. The maximum absolute atomic E-state index is 6.15. The second-order valence-corrected chi connectivity index (χ2v) is 5.68. The summed E-state index contributed by atoms with van der Waals surface area (Å²) in [6.45, 7) is 2.22. The molecule has 1 nitrogen and oxygen atoms in total. The molecule has 22 heavy (non-hydrogen) atoms. The van der Waals surface area contributed by atoms with Gasteiger partial charge in [0.2, 0.25) is 0 Å². The van der Waals surface area contributed by atoms with Crippen LogP contribution in [0.15, 0.2) is 66.7 Å². The van der Waals surface area contributed by atoms with Gasteiger partial charge in [-0.25, -0.2) is 0 Å². The van der Waals surface area contributed by atoms with E-state index in [1.807, 2.05) is 30.3 Å². The largest absolute Gasteiger partial charge is 0.457 e. The maximum atomic E-state index is 6.15. The van der Waals surface area contributed by atoms with Gasteiger partial charge in [-0.15, -0.1) is 0 Å². The van der Waals surface area contributed by atoms with Crippen molar-refractivity contribution in [2.24, 2.45) is 0 Å². The Morgan fingerprint density at radius 3 is 2.45 bits per heavy atom. The van der Waals surface area contributed by atoms with Crippen LogP contribution in [0.3, 0.4) is 0 Å². The molecule has 0 aromatic heterocycles. The quantitative estimate of drug-likeness (QED) is 0.475. The van der Waals surface area contributed by atoms with Crippen LogP contribution in [0.5, 0.6) is 11.5 Å². The second kappa shape index (κ2) is 5.34. The Morgan fingerprint density at radius 1 is 0.864 bits per heavy atom. The summed E-state index contributed by atoms with van der Waals surface area (Å²) < 4.78 is 6.15. The summed E-state index contributed by atoms with van der Waals surface area (Å²) in [4.78, 5) is 0. The van der Waals surface area contributed by atoms with Crippen molar-refractivity contribution in [3.8, 4) is 22.6 Å². The lowest BCUT2D eigenvalue weighted by atomic mass is 9.97. The number of rotatable bonds is 3. The van der Waals surface area contributed by atoms with Gasteiger partial charge in [-0.05, 0) is 46.9 Å². The fraction of sp³-hybridized carbons (Fsp3) is 0.143. The molecule has 0 atom stereocenters. The molecule has 1 heteroatoms. The van der Waals surface area contributed by atoms with Gasteiger partial charge in [-0.1, -0.05) is 55.5 Å². The van der Waals surface area contributed by atoms with Crippen molar-refractivity contribution < 1.29 is 4.74 Å². The van der Waals surface area contributed by atoms with Crippen molar-refractivity contribution in [2.45, 2.75) is 19.8 Å². The van der Waals surface area contributed by atoms with E-state index in [4.69, 9.17) is 4.74 Å². The van der Waals surface area contributed by atoms with Crippen LogP contribution < -0.4 is 4.74 Å².